The van der Waals surface area contributed by atoms with Gasteiger partial charge in [-0.2, -0.15) is 13.2 Å². The Labute approximate surface area is 141 Å². The molecule has 0 aromatic carbocycles. The summed E-state index contributed by atoms with van der Waals surface area (Å²) in [4.78, 5) is 21.8. The molecule has 130 valence electrons. The Morgan fingerprint density at radius 2 is 2.21 bits per heavy atom. The fourth-order valence-electron chi connectivity index (χ4n) is 2.21. The summed E-state index contributed by atoms with van der Waals surface area (Å²) in [6.07, 6.45) is -2.20. The number of thioether (sulfide) groups is 1. The molecular formula is C15H16F3N3O2S. The molecular weight excluding hydrogens is 343 g/mol. The Balaban J connectivity index is 2.15. The van der Waals surface area contributed by atoms with E-state index in [-0.39, 0.29) is 23.6 Å². The van der Waals surface area contributed by atoms with Gasteiger partial charge in [-0.1, -0.05) is 11.8 Å². The van der Waals surface area contributed by atoms with Gasteiger partial charge >= 0.3 is 6.18 Å². The van der Waals surface area contributed by atoms with Gasteiger partial charge in [-0.05, 0) is 26.0 Å². The number of allylic oxidation sites excluding steroid dienone is 2. The van der Waals surface area contributed by atoms with Crippen molar-refractivity contribution in [3.63, 3.8) is 0 Å². The Morgan fingerprint density at radius 1 is 1.50 bits per heavy atom. The fraction of sp³-hybridized carbons (Fsp3) is 0.400. The first-order valence-corrected chi connectivity index (χ1v) is 7.95. The molecule has 0 spiro atoms. The quantitative estimate of drug-likeness (QED) is 0.819. The zero-order valence-corrected chi connectivity index (χ0v) is 13.9. The predicted molar refractivity (Wildman–Crippen MR) is 85.9 cm³/mol. The van der Waals surface area contributed by atoms with Gasteiger partial charge < -0.3 is 10.0 Å². The maximum Gasteiger partial charge on any atom is 0.417 e. The van der Waals surface area contributed by atoms with Crippen LogP contribution in [0, 0.1) is 0 Å². The van der Waals surface area contributed by atoms with E-state index in [4.69, 9.17) is 5.11 Å². The van der Waals surface area contributed by atoms with Crippen LogP contribution >= 0.6 is 11.8 Å². The van der Waals surface area contributed by atoms with Gasteiger partial charge in [0.25, 0.3) is 0 Å². The van der Waals surface area contributed by atoms with Crippen LogP contribution in [0.25, 0.3) is 0 Å². The first kappa shape index (κ1) is 18.5. The molecule has 2 heterocycles. The molecule has 24 heavy (non-hydrogen) atoms. The third-order valence-corrected chi connectivity index (χ3v) is 4.81. The molecule has 2 rings (SSSR count). The standard InChI is InChI=1S/C15H16F3N3O2S/c1-9-14(10(2)23)24-13(21(9)5-6-22)8-20-12-4-3-11(7-19-12)15(16,17)18/h3-4,7-8,13,22H,5-6H2,1-2H3. The second-order valence-electron chi connectivity index (χ2n) is 5.08. The largest absolute Gasteiger partial charge is 0.417 e. The van der Waals surface area contributed by atoms with E-state index < -0.39 is 11.7 Å². The number of Topliss-reactive ketones (excluding diaryl/α,β-unsaturated/α-hetero) is 1. The molecule has 1 N–H and O–H groups in total. The number of carbonyl (C=O) groups excluding carboxylic acids is 1. The third kappa shape index (κ3) is 4.15. The smallest absolute Gasteiger partial charge is 0.395 e. The fourth-order valence-corrected chi connectivity index (χ4v) is 3.42. The van der Waals surface area contributed by atoms with E-state index in [1.165, 1.54) is 31.0 Å². The molecule has 1 aromatic rings. The Morgan fingerprint density at radius 3 is 2.71 bits per heavy atom. The number of pyridine rings is 1. The average Bonchev–Trinajstić information content (AvgIpc) is 2.82. The number of β-amino-alcohol motifs (C(OH)–C–C–N with tert-alkyl or cyclic N) is 1. The minimum atomic E-state index is -4.44. The van der Waals surface area contributed by atoms with Crippen molar-refractivity contribution in [3.05, 3.63) is 34.5 Å². The van der Waals surface area contributed by atoms with Crippen LogP contribution in [0.5, 0.6) is 0 Å². The zero-order valence-electron chi connectivity index (χ0n) is 13.0. The van der Waals surface area contributed by atoms with Crippen molar-refractivity contribution in [2.45, 2.75) is 25.4 Å². The third-order valence-electron chi connectivity index (χ3n) is 3.38. The number of aliphatic imine (C=N–C) groups is 1. The second kappa shape index (κ2) is 7.35. The van der Waals surface area contributed by atoms with Gasteiger partial charge in [0.05, 0.1) is 17.1 Å². The van der Waals surface area contributed by atoms with E-state index in [1.54, 1.807) is 6.92 Å². The van der Waals surface area contributed by atoms with Crippen LogP contribution in [0.2, 0.25) is 0 Å². The topological polar surface area (TPSA) is 65.8 Å². The normalized spacial score (nSPS) is 18.8. The summed E-state index contributed by atoms with van der Waals surface area (Å²) in [5, 5.41) is 8.84. The summed E-state index contributed by atoms with van der Waals surface area (Å²) in [7, 11) is 0. The first-order valence-electron chi connectivity index (χ1n) is 7.07. The Kier molecular flexibility index (Phi) is 5.66. The van der Waals surface area contributed by atoms with Crippen LogP contribution in [0.15, 0.2) is 33.9 Å². The van der Waals surface area contributed by atoms with Crippen molar-refractivity contribution < 1.29 is 23.1 Å². The highest BCUT2D eigenvalue weighted by molar-refractivity contribution is 8.05. The molecule has 0 bridgehead atoms. The summed E-state index contributed by atoms with van der Waals surface area (Å²) in [5.74, 6) is 0.0606. The number of nitrogens with zero attached hydrogens (tertiary/aromatic N) is 3. The zero-order chi connectivity index (χ0) is 17.9. The molecule has 9 heteroatoms. The lowest BCUT2D eigenvalue weighted by molar-refractivity contribution is -0.137. The van der Waals surface area contributed by atoms with Crippen LogP contribution in [0.1, 0.15) is 19.4 Å². The van der Waals surface area contributed by atoms with Gasteiger partial charge in [0.2, 0.25) is 0 Å². The summed E-state index contributed by atoms with van der Waals surface area (Å²) < 4.78 is 37.5. The molecule has 0 amide bonds. The van der Waals surface area contributed by atoms with Crippen LogP contribution in [0.3, 0.4) is 0 Å². The molecule has 0 radical (unpaired) electrons. The highest BCUT2D eigenvalue weighted by atomic mass is 32.2. The van der Waals surface area contributed by atoms with Gasteiger partial charge in [0.15, 0.2) is 11.6 Å². The van der Waals surface area contributed by atoms with Gasteiger partial charge in [-0.3, -0.25) is 4.79 Å². The summed E-state index contributed by atoms with van der Waals surface area (Å²) in [5.41, 5.74) is -0.0895. The summed E-state index contributed by atoms with van der Waals surface area (Å²) in [6, 6.07) is 2.10. The second-order valence-corrected chi connectivity index (χ2v) is 6.20. The van der Waals surface area contributed by atoms with E-state index >= 15 is 0 Å². The van der Waals surface area contributed by atoms with Crippen LogP contribution in [-0.4, -0.2) is 45.5 Å². The molecule has 0 saturated heterocycles. The number of hydrogen-bond donors (Lipinski definition) is 1. The van der Waals surface area contributed by atoms with E-state index in [0.29, 0.717) is 11.4 Å². The lowest BCUT2D eigenvalue weighted by Crippen LogP contribution is -2.31. The molecule has 1 atom stereocenters. The van der Waals surface area contributed by atoms with Gasteiger partial charge in [-0.25, -0.2) is 9.98 Å². The van der Waals surface area contributed by atoms with Crippen molar-refractivity contribution in [3.8, 4) is 0 Å². The van der Waals surface area contributed by atoms with Crippen molar-refractivity contribution >= 4 is 29.6 Å². The van der Waals surface area contributed by atoms with E-state index in [1.807, 2.05) is 4.90 Å². The molecule has 0 fully saturated rings. The highest BCUT2D eigenvalue weighted by Gasteiger charge is 2.31. The average molecular weight is 359 g/mol. The molecule has 0 saturated carbocycles. The minimum absolute atomic E-state index is 0.0796. The lowest BCUT2D eigenvalue weighted by Gasteiger charge is -2.23. The number of alkyl halides is 3. The number of rotatable bonds is 5. The van der Waals surface area contributed by atoms with Crippen molar-refractivity contribution in [2.75, 3.05) is 13.2 Å². The highest BCUT2D eigenvalue weighted by Crippen LogP contribution is 2.37. The van der Waals surface area contributed by atoms with Crippen molar-refractivity contribution in [1.82, 2.24) is 9.88 Å². The minimum Gasteiger partial charge on any atom is -0.395 e. The summed E-state index contributed by atoms with van der Waals surface area (Å²) >= 11 is 1.29. The van der Waals surface area contributed by atoms with E-state index in [9.17, 15) is 18.0 Å². The number of aliphatic hydroxyl groups is 1. The van der Waals surface area contributed by atoms with Gasteiger partial charge in [-0.15, -0.1) is 0 Å². The maximum atomic E-state index is 12.5. The first-order chi connectivity index (χ1) is 11.2. The maximum absolute atomic E-state index is 12.5. The molecule has 1 aliphatic rings. The lowest BCUT2D eigenvalue weighted by atomic mass is 10.3. The van der Waals surface area contributed by atoms with Gasteiger partial charge in [0.1, 0.15) is 5.37 Å². The van der Waals surface area contributed by atoms with Crippen LogP contribution < -0.4 is 0 Å². The molecule has 0 aliphatic carbocycles. The Hall–Kier alpha value is -1.87. The van der Waals surface area contributed by atoms with Gasteiger partial charge in [0, 0.05) is 24.7 Å². The van der Waals surface area contributed by atoms with Crippen molar-refractivity contribution in [1.29, 1.82) is 0 Å². The molecule has 1 aromatic heterocycles. The number of ketones is 1. The summed E-state index contributed by atoms with van der Waals surface area (Å²) in [6.45, 7) is 3.47. The molecule has 1 aliphatic heterocycles. The number of halogens is 3. The van der Waals surface area contributed by atoms with E-state index in [2.05, 4.69) is 9.98 Å². The number of aromatic nitrogens is 1. The Bertz CT molecular complexity index is 672. The predicted octanol–water partition coefficient (Wildman–Crippen LogP) is 2.99. The SMILES string of the molecule is CC(=O)C1=C(C)N(CCO)C(C=Nc2ccc(C(F)(F)F)cn2)S1. The molecule has 5 nitrogen and oxygen atoms in total. The van der Waals surface area contributed by atoms with E-state index in [0.717, 1.165) is 18.0 Å². The van der Waals surface area contributed by atoms with Crippen LogP contribution in [0.4, 0.5) is 19.0 Å². The number of carbonyl (C=O) groups is 1. The van der Waals surface area contributed by atoms with Crippen molar-refractivity contribution in [2.24, 2.45) is 4.99 Å². The number of aliphatic hydroxyl groups excluding tert-OH is 1. The molecule has 1 unspecified atom stereocenters. The number of hydrogen-bond acceptors (Lipinski definition) is 6. The van der Waals surface area contributed by atoms with Crippen LogP contribution in [-0.2, 0) is 11.0 Å². The monoisotopic (exact) mass is 359 g/mol.